The molecule has 0 unspecified atom stereocenters. The summed E-state index contributed by atoms with van der Waals surface area (Å²) in [4.78, 5) is 14.7. The molecule has 3 rings (SSSR count). The lowest BCUT2D eigenvalue weighted by molar-refractivity contribution is -0.121. The largest absolute Gasteiger partial charge is 0.338 e. The van der Waals surface area contributed by atoms with Gasteiger partial charge in [0.1, 0.15) is 0 Å². The van der Waals surface area contributed by atoms with Gasteiger partial charge >= 0.3 is 0 Å². The van der Waals surface area contributed by atoms with E-state index < -0.39 is 0 Å². The molecule has 2 aromatic heterocycles. The molecule has 0 aliphatic carbocycles. The third-order valence-electron chi connectivity index (χ3n) is 3.97. The second-order valence-corrected chi connectivity index (χ2v) is 6.23. The molecule has 0 aromatic carbocycles. The molecule has 2 aromatic rings. The van der Waals surface area contributed by atoms with E-state index in [-0.39, 0.29) is 11.9 Å². The maximum atomic E-state index is 12.4. The molecule has 0 bridgehead atoms. The first-order chi connectivity index (χ1) is 10.1. The molecular formula is C15H19N3O2S. The monoisotopic (exact) mass is 305 g/mol. The number of carbonyl (C=O) groups is 1. The fourth-order valence-electron chi connectivity index (χ4n) is 2.87. The summed E-state index contributed by atoms with van der Waals surface area (Å²) in [5, 5.41) is 10.8. The molecule has 1 aliphatic rings. The van der Waals surface area contributed by atoms with Gasteiger partial charge in [0, 0.05) is 12.1 Å². The SMILES string of the molecule is Cc1cc(NC(=O)[C@H](C)N2CCC[C@@H]2c2ccsc2)on1. The fourth-order valence-corrected chi connectivity index (χ4v) is 3.58. The van der Waals surface area contributed by atoms with Crippen molar-refractivity contribution in [3.05, 3.63) is 34.2 Å². The Labute approximate surface area is 127 Å². The van der Waals surface area contributed by atoms with Crippen molar-refractivity contribution in [1.29, 1.82) is 0 Å². The van der Waals surface area contributed by atoms with Crippen LogP contribution in [0.1, 0.15) is 37.1 Å². The number of aryl methyl sites for hydroxylation is 1. The van der Waals surface area contributed by atoms with E-state index in [1.54, 1.807) is 17.4 Å². The summed E-state index contributed by atoms with van der Waals surface area (Å²) in [6, 6.07) is 4.03. The first kappa shape index (κ1) is 14.3. The van der Waals surface area contributed by atoms with Gasteiger partial charge in [-0.1, -0.05) is 5.16 Å². The molecule has 1 amide bonds. The van der Waals surface area contributed by atoms with Crippen LogP contribution in [0.5, 0.6) is 0 Å². The van der Waals surface area contributed by atoms with Gasteiger partial charge in [0.15, 0.2) is 0 Å². The minimum absolute atomic E-state index is 0.0479. The van der Waals surface area contributed by atoms with Crippen molar-refractivity contribution in [1.82, 2.24) is 10.1 Å². The predicted molar refractivity (Wildman–Crippen MR) is 82.3 cm³/mol. The number of aromatic nitrogens is 1. The van der Waals surface area contributed by atoms with Gasteiger partial charge in [0.25, 0.3) is 0 Å². The molecular weight excluding hydrogens is 286 g/mol. The van der Waals surface area contributed by atoms with Gasteiger partial charge < -0.3 is 4.52 Å². The van der Waals surface area contributed by atoms with Crippen LogP contribution in [0.4, 0.5) is 5.88 Å². The number of nitrogens with one attached hydrogen (secondary N) is 1. The van der Waals surface area contributed by atoms with Crippen LogP contribution in [-0.4, -0.2) is 28.6 Å². The van der Waals surface area contributed by atoms with E-state index in [0.29, 0.717) is 11.9 Å². The molecule has 1 fully saturated rings. The van der Waals surface area contributed by atoms with E-state index in [1.165, 1.54) is 5.56 Å². The smallest absolute Gasteiger partial charge is 0.243 e. The predicted octanol–water partition coefficient (Wildman–Crippen LogP) is 3.21. The van der Waals surface area contributed by atoms with Gasteiger partial charge in [-0.05, 0) is 55.6 Å². The van der Waals surface area contributed by atoms with Gasteiger partial charge in [0.05, 0.1) is 11.7 Å². The molecule has 0 radical (unpaired) electrons. The van der Waals surface area contributed by atoms with Crippen LogP contribution in [0.3, 0.4) is 0 Å². The van der Waals surface area contributed by atoms with Gasteiger partial charge in [-0.2, -0.15) is 11.3 Å². The summed E-state index contributed by atoms with van der Waals surface area (Å²) in [6.07, 6.45) is 2.23. The lowest BCUT2D eigenvalue weighted by Gasteiger charge is -2.29. The number of thiophene rings is 1. The molecule has 112 valence electrons. The minimum atomic E-state index is -0.192. The summed E-state index contributed by atoms with van der Waals surface area (Å²) in [5.41, 5.74) is 2.07. The van der Waals surface area contributed by atoms with Crippen LogP contribution >= 0.6 is 11.3 Å². The van der Waals surface area contributed by atoms with Crippen LogP contribution in [0.2, 0.25) is 0 Å². The van der Waals surface area contributed by atoms with E-state index >= 15 is 0 Å². The highest BCUT2D eigenvalue weighted by atomic mass is 32.1. The lowest BCUT2D eigenvalue weighted by Crippen LogP contribution is -2.41. The normalized spacial score (nSPS) is 20.6. The van der Waals surface area contributed by atoms with E-state index in [4.69, 9.17) is 4.52 Å². The number of rotatable bonds is 4. The zero-order chi connectivity index (χ0) is 14.8. The summed E-state index contributed by atoms with van der Waals surface area (Å²) in [7, 11) is 0. The maximum absolute atomic E-state index is 12.4. The number of hydrogen-bond donors (Lipinski definition) is 1. The molecule has 1 N–H and O–H groups in total. The number of likely N-dealkylation sites (tertiary alicyclic amines) is 1. The Morgan fingerprint density at radius 1 is 1.62 bits per heavy atom. The number of carbonyl (C=O) groups excluding carboxylic acids is 1. The Balaban J connectivity index is 1.68. The van der Waals surface area contributed by atoms with Gasteiger partial charge in [-0.25, -0.2) is 0 Å². The zero-order valence-corrected chi connectivity index (χ0v) is 13.0. The standard InChI is InChI=1S/C15H19N3O2S/c1-10-8-14(20-17-10)16-15(19)11(2)18-6-3-4-13(18)12-5-7-21-9-12/h5,7-9,11,13H,3-4,6H2,1-2H3,(H,16,19)/t11-,13+/m0/s1. The van der Waals surface area contributed by atoms with Crippen molar-refractivity contribution in [2.45, 2.75) is 38.8 Å². The summed E-state index contributed by atoms with van der Waals surface area (Å²) >= 11 is 1.70. The average Bonchev–Trinajstić information content (AvgIpc) is 3.18. The Morgan fingerprint density at radius 2 is 2.48 bits per heavy atom. The summed E-state index contributed by atoms with van der Waals surface area (Å²) in [5.74, 6) is 0.365. The topological polar surface area (TPSA) is 58.4 Å². The zero-order valence-electron chi connectivity index (χ0n) is 12.2. The van der Waals surface area contributed by atoms with Gasteiger partial charge in [-0.3, -0.25) is 15.0 Å². The molecule has 0 spiro atoms. The highest BCUT2D eigenvalue weighted by Gasteiger charge is 2.33. The molecule has 1 aliphatic heterocycles. The van der Waals surface area contributed by atoms with E-state index in [2.05, 4.69) is 32.2 Å². The first-order valence-electron chi connectivity index (χ1n) is 7.17. The van der Waals surface area contributed by atoms with Crippen molar-refractivity contribution in [2.24, 2.45) is 0 Å². The van der Waals surface area contributed by atoms with Crippen molar-refractivity contribution in [3.8, 4) is 0 Å². The molecule has 6 heteroatoms. The number of amides is 1. The van der Waals surface area contributed by atoms with Crippen molar-refractivity contribution < 1.29 is 9.32 Å². The fraction of sp³-hybridized carbons (Fsp3) is 0.467. The van der Waals surface area contributed by atoms with E-state index in [1.807, 2.05) is 13.8 Å². The van der Waals surface area contributed by atoms with Gasteiger partial charge in [0.2, 0.25) is 11.8 Å². The van der Waals surface area contributed by atoms with E-state index in [0.717, 1.165) is 25.1 Å². The molecule has 0 saturated carbocycles. The average molecular weight is 305 g/mol. The van der Waals surface area contributed by atoms with Crippen molar-refractivity contribution in [2.75, 3.05) is 11.9 Å². The maximum Gasteiger partial charge on any atom is 0.243 e. The Kier molecular flexibility index (Phi) is 4.07. The molecule has 3 heterocycles. The van der Waals surface area contributed by atoms with Crippen LogP contribution < -0.4 is 5.32 Å². The highest BCUT2D eigenvalue weighted by molar-refractivity contribution is 7.07. The molecule has 1 saturated heterocycles. The summed E-state index contributed by atoms with van der Waals surface area (Å²) in [6.45, 7) is 4.73. The van der Waals surface area contributed by atoms with Crippen LogP contribution in [-0.2, 0) is 4.79 Å². The second-order valence-electron chi connectivity index (χ2n) is 5.45. The Morgan fingerprint density at radius 3 is 3.14 bits per heavy atom. The quantitative estimate of drug-likeness (QED) is 0.942. The summed E-state index contributed by atoms with van der Waals surface area (Å²) < 4.78 is 5.05. The Bertz CT molecular complexity index is 608. The number of hydrogen-bond acceptors (Lipinski definition) is 5. The molecule has 21 heavy (non-hydrogen) atoms. The minimum Gasteiger partial charge on any atom is -0.338 e. The van der Waals surface area contributed by atoms with Gasteiger partial charge in [-0.15, -0.1) is 0 Å². The lowest BCUT2D eigenvalue weighted by atomic mass is 10.1. The van der Waals surface area contributed by atoms with E-state index in [9.17, 15) is 4.79 Å². The van der Waals surface area contributed by atoms with Crippen molar-refractivity contribution >= 4 is 23.1 Å². The Hall–Kier alpha value is -1.66. The third-order valence-corrected chi connectivity index (χ3v) is 4.67. The first-order valence-corrected chi connectivity index (χ1v) is 8.11. The molecule has 5 nitrogen and oxygen atoms in total. The number of anilines is 1. The van der Waals surface area contributed by atoms with Crippen LogP contribution in [0, 0.1) is 6.92 Å². The molecule has 2 atom stereocenters. The second kappa shape index (κ2) is 5.99. The van der Waals surface area contributed by atoms with Crippen LogP contribution in [0.25, 0.3) is 0 Å². The highest BCUT2D eigenvalue weighted by Crippen LogP contribution is 2.34. The third kappa shape index (κ3) is 3.01. The van der Waals surface area contributed by atoms with Crippen LogP contribution in [0.15, 0.2) is 27.4 Å². The van der Waals surface area contributed by atoms with Crippen molar-refractivity contribution in [3.63, 3.8) is 0 Å². The number of nitrogens with zero attached hydrogens (tertiary/aromatic N) is 2.